The van der Waals surface area contributed by atoms with E-state index in [9.17, 15) is 0 Å². The third-order valence-electron chi connectivity index (χ3n) is 3.29. The van der Waals surface area contributed by atoms with Crippen molar-refractivity contribution in [2.75, 3.05) is 34.0 Å². The van der Waals surface area contributed by atoms with E-state index in [0.717, 1.165) is 17.9 Å². The van der Waals surface area contributed by atoms with Gasteiger partial charge < -0.3 is 19.5 Å². The standard InChI is InChI=1S/C17H25NO3/c1-19-7-3-4-14-10-15(13-18-16-5-6-16)12-17(11-14)21-9-8-20-2/h3-4,10-12,16,18H,5-9,13H2,1-2H3/b4-3+. The van der Waals surface area contributed by atoms with Crippen LogP contribution in [-0.2, 0) is 16.0 Å². The summed E-state index contributed by atoms with van der Waals surface area (Å²) in [5, 5.41) is 3.53. The Kier molecular flexibility index (Phi) is 6.73. The number of hydrogen-bond donors (Lipinski definition) is 1. The zero-order valence-corrected chi connectivity index (χ0v) is 12.9. The summed E-state index contributed by atoms with van der Waals surface area (Å²) in [6.45, 7) is 2.66. The van der Waals surface area contributed by atoms with Gasteiger partial charge >= 0.3 is 0 Å². The molecule has 0 atom stereocenters. The predicted molar refractivity (Wildman–Crippen MR) is 84.6 cm³/mol. The zero-order valence-electron chi connectivity index (χ0n) is 12.9. The van der Waals surface area contributed by atoms with E-state index in [1.165, 1.54) is 18.4 Å². The van der Waals surface area contributed by atoms with Crippen molar-refractivity contribution in [2.24, 2.45) is 0 Å². The second-order valence-corrected chi connectivity index (χ2v) is 5.26. The molecule has 1 saturated carbocycles. The maximum Gasteiger partial charge on any atom is 0.120 e. The van der Waals surface area contributed by atoms with Crippen LogP contribution in [0.2, 0.25) is 0 Å². The number of rotatable bonds is 10. The molecule has 1 aromatic rings. The summed E-state index contributed by atoms with van der Waals surface area (Å²) in [6, 6.07) is 7.03. The first-order chi connectivity index (χ1) is 10.3. The lowest BCUT2D eigenvalue weighted by atomic mass is 10.1. The molecule has 0 aromatic heterocycles. The van der Waals surface area contributed by atoms with Crippen LogP contribution in [0.3, 0.4) is 0 Å². The van der Waals surface area contributed by atoms with Gasteiger partial charge in [-0.3, -0.25) is 0 Å². The van der Waals surface area contributed by atoms with Crippen LogP contribution >= 0.6 is 0 Å². The van der Waals surface area contributed by atoms with Gasteiger partial charge in [0, 0.05) is 26.8 Å². The lowest BCUT2D eigenvalue weighted by Crippen LogP contribution is -2.15. The molecular weight excluding hydrogens is 266 g/mol. The summed E-state index contributed by atoms with van der Waals surface area (Å²) >= 11 is 0. The topological polar surface area (TPSA) is 39.7 Å². The molecule has 1 aromatic carbocycles. The summed E-state index contributed by atoms with van der Waals surface area (Å²) in [6.07, 6.45) is 6.66. The van der Waals surface area contributed by atoms with Crippen LogP contribution in [-0.4, -0.2) is 40.1 Å². The molecule has 21 heavy (non-hydrogen) atoms. The van der Waals surface area contributed by atoms with Crippen molar-refractivity contribution in [3.8, 4) is 5.75 Å². The molecule has 1 aliphatic rings. The molecule has 0 unspecified atom stereocenters. The normalized spacial score (nSPS) is 14.8. The molecule has 1 aliphatic carbocycles. The van der Waals surface area contributed by atoms with E-state index >= 15 is 0 Å². The fourth-order valence-electron chi connectivity index (χ4n) is 2.04. The van der Waals surface area contributed by atoms with Crippen molar-refractivity contribution in [2.45, 2.75) is 25.4 Å². The van der Waals surface area contributed by atoms with Gasteiger partial charge in [0.1, 0.15) is 12.4 Å². The number of hydrogen-bond acceptors (Lipinski definition) is 4. The quantitative estimate of drug-likeness (QED) is 0.673. The van der Waals surface area contributed by atoms with E-state index in [1.54, 1.807) is 14.2 Å². The Bertz CT molecular complexity index is 455. The third-order valence-corrected chi connectivity index (χ3v) is 3.29. The SMILES string of the molecule is COC/C=C/c1cc(CNC2CC2)cc(OCCOC)c1. The van der Waals surface area contributed by atoms with Gasteiger partial charge in [-0.05, 0) is 36.1 Å². The Morgan fingerprint density at radius 3 is 2.71 bits per heavy atom. The van der Waals surface area contributed by atoms with E-state index in [-0.39, 0.29) is 0 Å². The van der Waals surface area contributed by atoms with Gasteiger partial charge in [0.15, 0.2) is 0 Å². The van der Waals surface area contributed by atoms with Crippen LogP contribution in [0, 0.1) is 0 Å². The molecule has 0 heterocycles. The van der Waals surface area contributed by atoms with Crippen molar-refractivity contribution in [1.29, 1.82) is 0 Å². The second kappa shape index (κ2) is 8.82. The van der Waals surface area contributed by atoms with Crippen LogP contribution in [0.5, 0.6) is 5.75 Å². The predicted octanol–water partition coefficient (Wildman–Crippen LogP) is 2.62. The lowest BCUT2D eigenvalue weighted by Gasteiger charge is -2.10. The Balaban J connectivity index is 2.01. The first-order valence-electron chi connectivity index (χ1n) is 7.46. The summed E-state index contributed by atoms with van der Waals surface area (Å²) in [5.41, 5.74) is 2.38. The van der Waals surface area contributed by atoms with Gasteiger partial charge in [-0.1, -0.05) is 18.2 Å². The maximum absolute atomic E-state index is 5.74. The minimum absolute atomic E-state index is 0.567. The van der Waals surface area contributed by atoms with Crippen molar-refractivity contribution in [3.63, 3.8) is 0 Å². The molecule has 0 aliphatic heterocycles. The minimum Gasteiger partial charge on any atom is -0.491 e. The highest BCUT2D eigenvalue weighted by molar-refractivity contribution is 5.53. The zero-order chi connectivity index (χ0) is 14.9. The Morgan fingerprint density at radius 1 is 1.14 bits per heavy atom. The molecule has 2 rings (SSSR count). The van der Waals surface area contributed by atoms with Gasteiger partial charge in [0.2, 0.25) is 0 Å². The molecule has 4 heteroatoms. The van der Waals surface area contributed by atoms with E-state index in [1.807, 2.05) is 12.1 Å². The van der Waals surface area contributed by atoms with Gasteiger partial charge in [-0.2, -0.15) is 0 Å². The van der Waals surface area contributed by atoms with Gasteiger partial charge in [-0.15, -0.1) is 0 Å². The first-order valence-corrected chi connectivity index (χ1v) is 7.46. The Hall–Kier alpha value is -1.36. The first kappa shape index (κ1) is 16.0. The smallest absolute Gasteiger partial charge is 0.120 e. The fourth-order valence-corrected chi connectivity index (χ4v) is 2.04. The number of benzene rings is 1. The average molecular weight is 291 g/mol. The number of methoxy groups -OCH3 is 2. The summed E-state index contributed by atoms with van der Waals surface area (Å²) < 4.78 is 15.8. The van der Waals surface area contributed by atoms with Gasteiger partial charge in [0.25, 0.3) is 0 Å². The minimum atomic E-state index is 0.567. The molecule has 0 saturated heterocycles. The molecular formula is C17H25NO3. The van der Waals surface area contributed by atoms with Crippen molar-refractivity contribution in [1.82, 2.24) is 5.32 Å². The average Bonchev–Trinajstić information content (AvgIpc) is 3.30. The summed E-state index contributed by atoms with van der Waals surface area (Å²) in [7, 11) is 3.37. The van der Waals surface area contributed by atoms with Crippen LogP contribution < -0.4 is 10.1 Å². The highest BCUT2D eigenvalue weighted by Gasteiger charge is 2.20. The Labute approximate surface area is 127 Å². The summed E-state index contributed by atoms with van der Waals surface area (Å²) in [4.78, 5) is 0. The van der Waals surface area contributed by atoms with Gasteiger partial charge in [-0.25, -0.2) is 0 Å². The largest absolute Gasteiger partial charge is 0.491 e. The highest BCUT2D eigenvalue weighted by atomic mass is 16.5. The van der Waals surface area contributed by atoms with E-state index < -0.39 is 0 Å². The molecule has 0 amide bonds. The molecule has 0 spiro atoms. The molecule has 0 bridgehead atoms. The molecule has 116 valence electrons. The Morgan fingerprint density at radius 2 is 2.00 bits per heavy atom. The third kappa shape index (κ3) is 6.29. The molecule has 0 radical (unpaired) electrons. The molecule has 4 nitrogen and oxygen atoms in total. The van der Waals surface area contributed by atoms with E-state index in [0.29, 0.717) is 25.9 Å². The summed E-state index contributed by atoms with van der Waals surface area (Å²) in [5.74, 6) is 0.888. The second-order valence-electron chi connectivity index (χ2n) is 5.26. The van der Waals surface area contributed by atoms with Crippen LogP contribution in [0.15, 0.2) is 24.3 Å². The molecule has 1 N–H and O–H groups in total. The lowest BCUT2D eigenvalue weighted by molar-refractivity contribution is 0.146. The number of nitrogens with one attached hydrogen (secondary N) is 1. The van der Waals surface area contributed by atoms with Crippen LogP contribution in [0.1, 0.15) is 24.0 Å². The van der Waals surface area contributed by atoms with Gasteiger partial charge in [0.05, 0.1) is 13.2 Å². The van der Waals surface area contributed by atoms with Crippen molar-refractivity contribution >= 4 is 6.08 Å². The van der Waals surface area contributed by atoms with E-state index in [2.05, 4.69) is 23.5 Å². The van der Waals surface area contributed by atoms with Crippen molar-refractivity contribution < 1.29 is 14.2 Å². The molecule has 1 fully saturated rings. The van der Waals surface area contributed by atoms with E-state index in [4.69, 9.17) is 14.2 Å². The maximum atomic E-state index is 5.74. The highest BCUT2D eigenvalue weighted by Crippen LogP contribution is 2.22. The van der Waals surface area contributed by atoms with Crippen LogP contribution in [0.4, 0.5) is 0 Å². The number of ether oxygens (including phenoxy) is 3. The van der Waals surface area contributed by atoms with Crippen LogP contribution in [0.25, 0.3) is 6.08 Å². The fraction of sp³-hybridized carbons (Fsp3) is 0.529. The monoisotopic (exact) mass is 291 g/mol. The van der Waals surface area contributed by atoms with Crippen molar-refractivity contribution in [3.05, 3.63) is 35.4 Å².